The van der Waals surface area contributed by atoms with Crippen LogP contribution in [0.3, 0.4) is 0 Å². The van der Waals surface area contributed by atoms with Gasteiger partial charge in [0.15, 0.2) is 5.16 Å². The Morgan fingerprint density at radius 1 is 1.32 bits per heavy atom. The van der Waals surface area contributed by atoms with Crippen molar-refractivity contribution in [1.29, 1.82) is 0 Å². The van der Waals surface area contributed by atoms with E-state index in [-0.39, 0.29) is 10.7 Å². The molecule has 6 heteroatoms. The Bertz CT molecular complexity index is 831. The van der Waals surface area contributed by atoms with Crippen molar-refractivity contribution in [2.75, 3.05) is 5.75 Å². The number of aromatic amines is 1. The number of para-hydroxylation sites is 1. The van der Waals surface area contributed by atoms with Crippen molar-refractivity contribution >= 4 is 45.2 Å². The number of benzene rings is 1. The molecule has 2 aromatic heterocycles. The van der Waals surface area contributed by atoms with Crippen LogP contribution in [0.15, 0.2) is 34.2 Å². The Morgan fingerprint density at radius 3 is 2.89 bits per heavy atom. The van der Waals surface area contributed by atoms with E-state index in [1.165, 1.54) is 11.8 Å². The van der Waals surface area contributed by atoms with Crippen LogP contribution < -0.4 is 5.56 Å². The number of thioether (sulfide) groups is 1. The van der Waals surface area contributed by atoms with Crippen LogP contribution >= 0.6 is 23.4 Å². The molecule has 0 amide bonds. The quantitative estimate of drug-likeness (QED) is 0.341. The maximum absolute atomic E-state index is 12.1. The summed E-state index contributed by atoms with van der Waals surface area (Å²) in [7, 11) is 0. The molecule has 0 fully saturated rings. The summed E-state index contributed by atoms with van der Waals surface area (Å²) in [5, 5.41) is 1.98. The molecule has 0 saturated heterocycles. The number of halogens is 1. The number of H-pyrrole nitrogens is 1. The molecular formula is C13H10ClN3OS. The van der Waals surface area contributed by atoms with E-state index in [0.29, 0.717) is 16.1 Å². The van der Waals surface area contributed by atoms with Crippen LogP contribution in [-0.4, -0.2) is 20.7 Å². The number of aromatic nitrogens is 3. The molecule has 0 aliphatic heterocycles. The predicted molar refractivity (Wildman–Crippen MR) is 79.1 cm³/mol. The first kappa shape index (κ1) is 12.4. The predicted octanol–water partition coefficient (Wildman–Crippen LogP) is 3.24. The van der Waals surface area contributed by atoms with Crippen LogP contribution in [0.5, 0.6) is 0 Å². The molecule has 0 saturated carbocycles. The maximum atomic E-state index is 12.1. The number of fused-ring (bicyclic) bond motifs is 3. The Kier molecular flexibility index (Phi) is 3.16. The van der Waals surface area contributed by atoms with Gasteiger partial charge in [0.2, 0.25) is 0 Å². The van der Waals surface area contributed by atoms with E-state index in [1.807, 2.05) is 31.2 Å². The standard InChI is InChI=1S/C13H10ClN3OS/c1-2-19-13-16-10-7-5-3-4-6-8(7)15-11(14)9(10)12(18)17-13/h3-6H,2H2,1H3,(H,16,17,18). The second-order valence-electron chi connectivity index (χ2n) is 3.95. The second kappa shape index (κ2) is 4.83. The second-order valence-corrected chi connectivity index (χ2v) is 5.56. The molecule has 0 aliphatic rings. The highest BCUT2D eigenvalue weighted by molar-refractivity contribution is 7.99. The molecular weight excluding hydrogens is 282 g/mol. The zero-order valence-corrected chi connectivity index (χ0v) is 11.7. The minimum Gasteiger partial charge on any atom is -0.301 e. The lowest BCUT2D eigenvalue weighted by Gasteiger charge is -2.05. The highest BCUT2D eigenvalue weighted by atomic mass is 35.5. The van der Waals surface area contributed by atoms with Gasteiger partial charge in [-0.25, -0.2) is 9.97 Å². The lowest BCUT2D eigenvalue weighted by molar-refractivity contribution is 0.976. The van der Waals surface area contributed by atoms with Gasteiger partial charge in [-0.3, -0.25) is 4.79 Å². The van der Waals surface area contributed by atoms with E-state index in [9.17, 15) is 4.79 Å². The van der Waals surface area contributed by atoms with Gasteiger partial charge in [0.05, 0.1) is 11.0 Å². The molecule has 1 N–H and O–H groups in total. The van der Waals surface area contributed by atoms with E-state index in [1.54, 1.807) is 0 Å². The molecule has 0 unspecified atom stereocenters. The van der Waals surface area contributed by atoms with Crippen LogP contribution in [0, 0.1) is 0 Å². The van der Waals surface area contributed by atoms with Gasteiger partial charge in [0.1, 0.15) is 10.5 Å². The average molecular weight is 292 g/mol. The molecule has 0 bridgehead atoms. The van der Waals surface area contributed by atoms with Crippen molar-refractivity contribution in [3.8, 4) is 0 Å². The van der Waals surface area contributed by atoms with E-state index < -0.39 is 0 Å². The van der Waals surface area contributed by atoms with E-state index in [2.05, 4.69) is 15.0 Å². The lowest BCUT2D eigenvalue weighted by Crippen LogP contribution is -2.10. The van der Waals surface area contributed by atoms with Gasteiger partial charge >= 0.3 is 0 Å². The number of pyridine rings is 1. The molecule has 0 spiro atoms. The SMILES string of the molecule is CCSc1nc2c(c(Cl)nc3ccccc32)c(=O)[nH]1. The van der Waals surface area contributed by atoms with Crippen LogP contribution in [0.25, 0.3) is 21.8 Å². The van der Waals surface area contributed by atoms with Crippen LogP contribution in [0.1, 0.15) is 6.92 Å². The first-order valence-electron chi connectivity index (χ1n) is 5.81. The third kappa shape index (κ3) is 2.09. The summed E-state index contributed by atoms with van der Waals surface area (Å²) in [6.07, 6.45) is 0. The van der Waals surface area contributed by atoms with Crippen molar-refractivity contribution < 1.29 is 0 Å². The molecule has 1 aromatic carbocycles. The topological polar surface area (TPSA) is 58.6 Å². The third-order valence-electron chi connectivity index (χ3n) is 2.76. The first-order chi connectivity index (χ1) is 9.20. The van der Waals surface area contributed by atoms with E-state index in [0.717, 1.165) is 16.7 Å². The van der Waals surface area contributed by atoms with Gasteiger partial charge in [-0.2, -0.15) is 0 Å². The highest BCUT2D eigenvalue weighted by Crippen LogP contribution is 2.26. The minimum absolute atomic E-state index is 0.190. The Labute approximate surface area is 118 Å². The van der Waals surface area contributed by atoms with Gasteiger partial charge in [-0.15, -0.1) is 0 Å². The number of rotatable bonds is 2. The molecule has 3 rings (SSSR count). The molecule has 3 aromatic rings. The van der Waals surface area contributed by atoms with Crippen molar-refractivity contribution in [2.24, 2.45) is 0 Å². The molecule has 2 heterocycles. The Hall–Kier alpha value is -1.59. The summed E-state index contributed by atoms with van der Waals surface area (Å²) in [5.41, 5.74) is 1.10. The zero-order valence-electron chi connectivity index (χ0n) is 10.1. The van der Waals surface area contributed by atoms with Gasteiger partial charge in [0, 0.05) is 5.39 Å². The van der Waals surface area contributed by atoms with Crippen molar-refractivity contribution in [2.45, 2.75) is 12.1 Å². The van der Waals surface area contributed by atoms with Crippen molar-refractivity contribution in [1.82, 2.24) is 15.0 Å². The van der Waals surface area contributed by atoms with Crippen LogP contribution in [-0.2, 0) is 0 Å². The Morgan fingerprint density at radius 2 is 2.11 bits per heavy atom. The molecule has 19 heavy (non-hydrogen) atoms. The monoisotopic (exact) mass is 291 g/mol. The van der Waals surface area contributed by atoms with Crippen LogP contribution in [0.2, 0.25) is 5.15 Å². The van der Waals surface area contributed by atoms with E-state index >= 15 is 0 Å². The number of nitrogens with zero attached hydrogens (tertiary/aromatic N) is 2. The third-order valence-corrected chi connectivity index (χ3v) is 3.79. The van der Waals surface area contributed by atoms with Gasteiger partial charge in [0.25, 0.3) is 5.56 Å². The lowest BCUT2D eigenvalue weighted by atomic mass is 10.1. The number of hydrogen-bond donors (Lipinski definition) is 1. The fourth-order valence-electron chi connectivity index (χ4n) is 1.98. The van der Waals surface area contributed by atoms with Crippen molar-refractivity contribution in [3.63, 3.8) is 0 Å². The fourth-order valence-corrected chi connectivity index (χ4v) is 2.84. The molecule has 0 atom stereocenters. The van der Waals surface area contributed by atoms with Gasteiger partial charge in [-0.1, -0.05) is 48.5 Å². The summed E-state index contributed by atoms with van der Waals surface area (Å²) in [4.78, 5) is 23.6. The average Bonchev–Trinajstić information content (AvgIpc) is 2.38. The summed E-state index contributed by atoms with van der Waals surface area (Å²) >= 11 is 7.58. The zero-order chi connectivity index (χ0) is 13.4. The molecule has 0 radical (unpaired) electrons. The van der Waals surface area contributed by atoms with Gasteiger partial charge < -0.3 is 4.98 Å². The van der Waals surface area contributed by atoms with Crippen molar-refractivity contribution in [3.05, 3.63) is 39.8 Å². The summed E-state index contributed by atoms with van der Waals surface area (Å²) < 4.78 is 0. The largest absolute Gasteiger partial charge is 0.301 e. The van der Waals surface area contributed by atoms with E-state index in [4.69, 9.17) is 11.6 Å². The fraction of sp³-hybridized carbons (Fsp3) is 0.154. The number of hydrogen-bond acceptors (Lipinski definition) is 4. The molecule has 96 valence electrons. The Balaban J connectivity index is 2.50. The molecule has 4 nitrogen and oxygen atoms in total. The number of nitrogens with one attached hydrogen (secondary N) is 1. The maximum Gasteiger partial charge on any atom is 0.262 e. The normalized spacial score (nSPS) is 11.3. The molecule has 0 aliphatic carbocycles. The minimum atomic E-state index is -0.246. The summed E-state index contributed by atoms with van der Waals surface area (Å²) in [6.45, 7) is 2.01. The first-order valence-corrected chi connectivity index (χ1v) is 7.18. The summed E-state index contributed by atoms with van der Waals surface area (Å²) in [5.74, 6) is 0.838. The van der Waals surface area contributed by atoms with Crippen LogP contribution in [0.4, 0.5) is 0 Å². The highest BCUT2D eigenvalue weighted by Gasteiger charge is 2.12. The van der Waals surface area contributed by atoms with Gasteiger partial charge in [-0.05, 0) is 11.8 Å². The smallest absolute Gasteiger partial charge is 0.262 e. The summed E-state index contributed by atoms with van der Waals surface area (Å²) in [6, 6.07) is 7.53.